The number of methoxy groups -OCH3 is 1. The zero-order chi connectivity index (χ0) is 16.0. The molecule has 0 atom stereocenters. The van der Waals surface area contributed by atoms with Crippen molar-refractivity contribution in [2.24, 2.45) is 11.8 Å². The summed E-state index contributed by atoms with van der Waals surface area (Å²) in [6.07, 6.45) is 4.33. The molecule has 0 aromatic carbocycles. The third-order valence-corrected chi connectivity index (χ3v) is 4.94. The Labute approximate surface area is 134 Å². The summed E-state index contributed by atoms with van der Waals surface area (Å²) < 4.78 is 25.1. The standard InChI is InChI=1S/C17H21FN2O3/c1-22-16(21)13-6-7-14(15(19-13)23-8-11-2-3-11)20-9-17(18,10-20)12-4-5-12/h6-7,11-12H,2-5,8-10H2,1H3. The predicted octanol–water partition coefficient (Wildman–Crippen LogP) is 2.60. The Hall–Kier alpha value is -1.85. The molecule has 2 heterocycles. The molecule has 0 bridgehead atoms. The average Bonchev–Trinajstić information content (AvgIpc) is 3.40. The zero-order valence-corrected chi connectivity index (χ0v) is 13.3. The van der Waals surface area contributed by atoms with Crippen molar-refractivity contribution in [2.45, 2.75) is 31.4 Å². The van der Waals surface area contributed by atoms with Crippen molar-refractivity contribution in [1.29, 1.82) is 0 Å². The summed E-state index contributed by atoms with van der Waals surface area (Å²) in [6.45, 7) is 1.37. The molecule has 1 aromatic rings. The Kier molecular flexibility index (Phi) is 3.43. The number of ether oxygens (including phenoxy) is 2. The maximum atomic E-state index is 14.6. The van der Waals surface area contributed by atoms with Crippen LogP contribution < -0.4 is 9.64 Å². The second-order valence-corrected chi connectivity index (χ2v) is 6.93. The summed E-state index contributed by atoms with van der Waals surface area (Å²) in [7, 11) is 1.32. The van der Waals surface area contributed by atoms with E-state index in [2.05, 4.69) is 4.98 Å². The average molecular weight is 320 g/mol. The van der Waals surface area contributed by atoms with Crippen LogP contribution in [0.4, 0.5) is 10.1 Å². The van der Waals surface area contributed by atoms with Crippen molar-refractivity contribution in [2.75, 3.05) is 31.7 Å². The smallest absolute Gasteiger partial charge is 0.356 e. The SMILES string of the molecule is COC(=O)c1ccc(N2CC(F)(C3CC3)C2)c(OCC2CC2)n1. The lowest BCUT2D eigenvalue weighted by Gasteiger charge is -2.46. The second kappa shape index (κ2) is 5.35. The van der Waals surface area contributed by atoms with Crippen LogP contribution in [0.25, 0.3) is 0 Å². The van der Waals surface area contributed by atoms with E-state index in [9.17, 15) is 9.18 Å². The van der Waals surface area contributed by atoms with Crippen LogP contribution >= 0.6 is 0 Å². The van der Waals surface area contributed by atoms with Gasteiger partial charge < -0.3 is 14.4 Å². The number of halogens is 1. The van der Waals surface area contributed by atoms with Crippen molar-refractivity contribution in [1.82, 2.24) is 4.98 Å². The normalized spacial score (nSPS) is 22.4. The first-order valence-corrected chi connectivity index (χ1v) is 8.25. The number of rotatable bonds is 6. The third kappa shape index (κ3) is 2.86. The van der Waals surface area contributed by atoms with E-state index in [0.29, 0.717) is 31.5 Å². The fourth-order valence-electron chi connectivity index (χ4n) is 3.10. The molecule has 3 aliphatic rings. The van der Waals surface area contributed by atoms with Gasteiger partial charge in [-0.2, -0.15) is 0 Å². The number of alkyl halides is 1. The lowest BCUT2D eigenvalue weighted by atomic mass is 9.90. The molecule has 6 heteroatoms. The minimum Gasteiger partial charge on any atom is -0.476 e. The van der Waals surface area contributed by atoms with E-state index in [1.807, 2.05) is 4.90 Å². The molecule has 5 nitrogen and oxygen atoms in total. The van der Waals surface area contributed by atoms with Gasteiger partial charge in [-0.25, -0.2) is 14.2 Å². The highest BCUT2D eigenvalue weighted by atomic mass is 19.1. The third-order valence-electron chi connectivity index (χ3n) is 4.94. The summed E-state index contributed by atoms with van der Waals surface area (Å²) in [5.74, 6) is 0.721. The molecule has 3 fully saturated rings. The summed E-state index contributed by atoms with van der Waals surface area (Å²) in [4.78, 5) is 17.9. The van der Waals surface area contributed by atoms with Crippen LogP contribution in [-0.2, 0) is 4.74 Å². The van der Waals surface area contributed by atoms with Crippen LogP contribution in [0.1, 0.15) is 36.2 Å². The molecule has 2 aliphatic carbocycles. The van der Waals surface area contributed by atoms with Crippen LogP contribution in [0.3, 0.4) is 0 Å². The monoisotopic (exact) mass is 320 g/mol. The van der Waals surface area contributed by atoms with Gasteiger partial charge in [-0.15, -0.1) is 0 Å². The number of anilines is 1. The molecule has 0 N–H and O–H groups in total. The van der Waals surface area contributed by atoms with E-state index >= 15 is 0 Å². The van der Waals surface area contributed by atoms with Gasteiger partial charge in [-0.1, -0.05) is 0 Å². The summed E-state index contributed by atoms with van der Waals surface area (Å²) in [5.41, 5.74) is -0.0714. The summed E-state index contributed by atoms with van der Waals surface area (Å²) in [5, 5.41) is 0. The van der Waals surface area contributed by atoms with E-state index in [4.69, 9.17) is 9.47 Å². The van der Waals surface area contributed by atoms with E-state index in [-0.39, 0.29) is 11.6 Å². The fourth-order valence-corrected chi connectivity index (χ4v) is 3.10. The van der Waals surface area contributed by atoms with E-state index in [1.165, 1.54) is 20.0 Å². The van der Waals surface area contributed by atoms with E-state index in [0.717, 1.165) is 18.5 Å². The highest BCUT2D eigenvalue weighted by molar-refractivity contribution is 5.88. The molecule has 1 saturated heterocycles. The number of hydrogen-bond donors (Lipinski definition) is 0. The topological polar surface area (TPSA) is 51.7 Å². The minimum absolute atomic E-state index is 0.219. The van der Waals surface area contributed by atoms with Crippen molar-refractivity contribution in [3.63, 3.8) is 0 Å². The van der Waals surface area contributed by atoms with Crippen molar-refractivity contribution >= 4 is 11.7 Å². The molecular formula is C17H21FN2O3. The first-order valence-electron chi connectivity index (χ1n) is 8.25. The summed E-state index contributed by atoms with van der Waals surface area (Å²) >= 11 is 0. The summed E-state index contributed by atoms with van der Waals surface area (Å²) in [6, 6.07) is 3.40. The Bertz CT molecular complexity index is 622. The van der Waals surface area contributed by atoms with Crippen LogP contribution in [0.2, 0.25) is 0 Å². The van der Waals surface area contributed by atoms with Crippen molar-refractivity contribution in [3.05, 3.63) is 17.8 Å². The van der Waals surface area contributed by atoms with Crippen LogP contribution in [-0.4, -0.2) is 43.4 Å². The van der Waals surface area contributed by atoms with Gasteiger partial charge in [0.1, 0.15) is 11.4 Å². The second-order valence-electron chi connectivity index (χ2n) is 6.93. The Morgan fingerprint density at radius 2 is 2.09 bits per heavy atom. The van der Waals surface area contributed by atoms with Crippen LogP contribution in [0, 0.1) is 11.8 Å². The van der Waals surface area contributed by atoms with Gasteiger partial charge in [0.05, 0.1) is 26.8 Å². The highest BCUT2D eigenvalue weighted by Crippen LogP contribution is 2.49. The number of aromatic nitrogens is 1. The van der Waals surface area contributed by atoms with E-state index < -0.39 is 11.6 Å². The van der Waals surface area contributed by atoms with Crippen molar-refractivity contribution in [3.8, 4) is 5.88 Å². The van der Waals surface area contributed by atoms with Gasteiger partial charge in [0, 0.05) is 0 Å². The van der Waals surface area contributed by atoms with Crippen molar-refractivity contribution < 1.29 is 18.7 Å². The number of esters is 1. The van der Waals surface area contributed by atoms with Crippen LogP contribution in [0.15, 0.2) is 12.1 Å². The van der Waals surface area contributed by atoms with Gasteiger partial charge in [0.25, 0.3) is 0 Å². The van der Waals surface area contributed by atoms with Gasteiger partial charge in [0.2, 0.25) is 5.88 Å². The molecule has 1 aliphatic heterocycles. The number of carbonyl (C=O) groups excluding carboxylic acids is 1. The Morgan fingerprint density at radius 1 is 1.35 bits per heavy atom. The molecule has 124 valence electrons. The largest absolute Gasteiger partial charge is 0.476 e. The molecule has 0 unspecified atom stereocenters. The maximum Gasteiger partial charge on any atom is 0.356 e. The lowest BCUT2D eigenvalue weighted by Crippen LogP contribution is -2.60. The molecule has 2 saturated carbocycles. The molecule has 0 spiro atoms. The molecule has 23 heavy (non-hydrogen) atoms. The number of pyridine rings is 1. The molecule has 0 radical (unpaired) electrons. The van der Waals surface area contributed by atoms with Gasteiger partial charge >= 0.3 is 5.97 Å². The Balaban J connectivity index is 1.53. The van der Waals surface area contributed by atoms with Gasteiger partial charge in [-0.05, 0) is 49.7 Å². The number of hydrogen-bond acceptors (Lipinski definition) is 5. The quantitative estimate of drug-likeness (QED) is 0.754. The highest BCUT2D eigenvalue weighted by Gasteiger charge is 2.54. The number of carbonyl (C=O) groups is 1. The molecule has 4 rings (SSSR count). The van der Waals surface area contributed by atoms with Gasteiger partial charge in [-0.3, -0.25) is 0 Å². The van der Waals surface area contributed by atoms with E-state index in [1.54, 1.807) is 12.1 Å². The lowest BCUT2D eigenvalue weighted by molar-refractivity contribution is 0.0592. The maximum absolute atomic E-state index is 14.6. The zero-order valence-electron chi connectivity index (χ0n) is 13.3. The number of nitrogens with zero attached hydrogens (tertiary/aromatic N) is 2. The molecule has 1 aromatic heterocycles. The predicted molar refractivity (Wildman–Crippen MR) is 82.6 cm³/mol. The van der Waals surface area contributed by atoms with Crippen LogP contribution in [0.5, 0.6) is 5.88 Å². The molecular weight excluding hydrogens is 299 g/mol. The first-order chi connectivity index (χ1) is 11.1. The molecule has 0 amide bonds. The van der Waals surface area contributed by atoms with Gasteiger partial charge in [0.15, 0.2) is 5.69 Å². The minimum atomic E-state index is -1.06. The first kappa shape index (κ1) is 14.7. The Morgan fingerprint density at radius 3 is 2.70 bits per heavy atom. The fraction of sp³-hybridized carbons (Fsp3) is 0.647.